The lowest BCUT2D eigenvalue weighted by molar-refractivity contribution is 0.242. The molecular weight excluding hydrogens is 246 g/mol. The number of hydrogen-bond donors (Lipinski definition) is 1. The van der Waals surface area contributed by atoms with Crippen LogP contribution in [0.15, 0.2) is 24.3 Å². The van der Waals surface area contributed by atoms with Crippen LogP contribution in [0.3, 0.4) is 0 Å². The molecule has 1 aliphatic rings. The first-order valence-electron chi connectivity index (χ1n) is 7.94. The van der Waals surface area contributed by atoms with E-state index in [9.17, 15) is 0 Å². The Balaban J connectivity index is 2.08. The highest BCUT2D eigenvalue weighted by Gasteiger charge is 2.50. The van der Waals surface area contributed by atoms with Crippen molar-refractivity contribution in [3.8, 4) is 5.75 Å². The van der Waals surface area contributed by atoms with E-state index >= 15 is 0 Å². The van der Waals surface area contributed by atoms with Crippen molar-refractivity contribution in [3.63, 3.8) is 0 Å². The van der Waals surface area contributed by atoms with Gasteiger partial charge in [0.1, 0.15) is 5.75 Å². The molecule has 2 rings (SSSR count). The van der Waals surface area contributed by atoms with Crippen molar-refractivity contribution in [1.29, 1.82) is 0 Å². The molecular formula is C18H29NO. The minimum Gasteiger partial charge on any atom is -0.491 e. The van der Waals surface area contributed by atoms with Crippen molar-refractivity contribution in [2.24, 2.45) is 11.3 Å². The molecule has 0 bridgehead atoms. The molecule has 0 heterocycles. The Morgan fingerprint density at radius 3 is 2.30 bits per heavy atom. The zero-order valence-electron chi connectivity index (χ0n) is 13.6. The fourth-order valence-corrected chi connectivity index (χ4v) is 2.90. The van der Waals surface area contributed by atoms with Crippen molar-refractivity contribution >= 4 is 0 Å². The summed E-state index contributed by atoms with van der Waals surface area (Å²) in [5.41, 5.74) is 1.88. The van der Waals surface area contributed by atoms with Crippen LogP contribution in [0.1, 0.15) is 59.1 Å². The molecule has 1 aromatic rings. The molecule has 1 fully saturated rings. The molecule has 2 atom stereocenters. The summed E-state index contributed by atoms with van der Waals surface area (Å²) in [5, 5.41) is 3.72. The molecule has 112 valence electrons. The van der Waals surface area contributed by atoms with E-state index in [0.29, 0.717) is 11.5 Å². The van der Waals surface area contributed by atoms with Gasteiger partial charge in [-0.25, -0.2) is 0 Å². The van der Waals surface area contributed by atoms with E-state index in [1.807, 2.05) is 0 Å². The van der Waals surface area contributed by atoms with Gasteiger partial charge < -0.3 is 10.1 Å². The molecule has 2 heteroatoms. The Kier molecular flexibility index (Phi) is 4.74. The van der Waals surface area contributed by atoms with Gasteiger partial charge in [-0.05, 0) is 62.3 Å². The Labute approximate surface area is 123 Å². The number of hydrogen-bond acceptors (Lipinski definition) is 2. The van der Waals surface area contributed by atoms with E-state index in [1.54, 1.807) is 0 Å². The number of nitrogens with one attached hydrogen (secondary N) is 1. The Morgan fingerprint density at radius 2 is 1.85 bits per heavy atom. The van der Waals surface area contributed by atoms with Crippen LogP contribution in [0.2, 0.25) is 0 Å². The van der Waals surface area contributed by atoms with E-state index < -0.39 is 0 Å². The van der Waals surface area contributed by atoms with Crippen LogP contribution in [0, 0.1) is 11.3 Å². The summed E-state index contributed by atoms with van der Waals surface area (Å²) in [4.78, 5) is 0. The second-order valence-corrected chi connectivity index (χ2v) is 6.97. The van der Waals surface area contributed by atoms with Crippen LogP contribution >= 0.6 is 0 Å². The molecule has 0 radical (unpaired) electrons. The molecule has 0 amide bonds. The van der Waals surface area contributed by atoms with Crippen molar-refractivity contribution < 1.29 is 4.74 Å². The van der Waals surface area contributed by atoms with Crippen LogP contribution in [0.5, 0.6) is 5.75 Å². The highest BCUT2D eigenvalue weighted by molar-refractivity contribution is 5.31. The second kappa shape index (κ2) is 6.17. The van der Waals surface area contributed by atoms with Crippen LogP contribution < -0.4 is 10.1 Å². The SMILES string of the molecule is CCCNC(c1ccc(OC(C)C)cc1)C1CC1(C)C. The summed E-state index contributed by atoms with van der Waals surface area (Å²) in [6.07, 6.45) is 2.73. The maximum atomic E-state index is 5.73. The molecule has 0 aromatic heterocycles. The number of rotatable bonds is 7. The Hall–Kier alpha value is -1.02. The predicted octanol–water partition coefficient (Wildman–Crippen LogP) is 4.56. The van der Waals surface area contributed by atoms with E-state index in [4.69, 9.17) is 4.74 Å². The molecule has 1 aromatic carbocycles. The van der Waals surface area contributed by atoms with Gasteiger partial charge in [-0.15, -0.1) is 0 Å². The zero-order chi connectivity index (χ0) is 14.8. The second-order valence-electron chi connectivity index (χ2n) is 6.97. The van der Waals surface area contributed by atoms with Gasteiger partial charge in [-0.2, -0.15) is 0 Å². The average molecular weight is 275 g/mol. The predicted molar refractivity (Wildman–Crippen MR) is 85.1 cm³/mol. The summed E-state index contributed by atoms with van der Waals surface area (Å²) in [5.74, 6) is 1.72. The average Bonchev–Trinajstić information content (AvgIpc) is 3.00. The molecule has 1 N–H and O–H groups in total. The van der Waals surface area contributed by atoms with Crippen LogP contribution in [0.25, 0.3) is 0 Å². The molecule has 0 aliphatic heterocycles. The first kappa shape index (κ1) is 15.4. The van der Waals surface area contributed by atoms with Crippen molar-refractivity contribution in [2.45, 2.75) is 59.6 Å². The summed E-state index contributed by atoms with van der Waals surface area (Å²) in [7, 11) is 0. The fraction of sp³-hybridized carbons (Fsp3) is 0.667. The van der Waals surface area contributed by atoms with E-state index in [2.05, 4.69) is 64.2 Å². The lowest BCUT2D eigenvalue weighted by Crippen LogP contribution is -2.25. The fourth-order valence-electron chi connectivity index (χ4n) is 2.90. The van der Waals surface area contributed by atoms with Gasteiger partial charge >= 0.3 is 0 Å². The molecule has 0 saturated heterocycles. The zero-order valence-corrected chi connectivity index (χ0v) is 13.6. The molecule has 1 aliphatic carbocycles. The van der Waals surface area contributed by atoms with E-state index in [1.165, 1.54) is 18.4 Å². The third-order valence-corrected chi connectivity index (χ3v) is 4.22. The molecule has 20 heavy (non-hydrogen) atoms. The topological polar surface area (TPSA) is 21.3 Å². The quantitative estimate of drug-likeness (QED) is 0.787. The molecule has 2 nitrogen and oxygen atoms in total. The standard InChI is InChI=1S/C18H29NO/c1-6-11-19-17(16-12-18(16,4)5)14-7-9-15(10-8-14)20-13(2)3/h7-10,13,16-17,19H,6,11-12H2,1-5H3. The third kappa shape index (κ3) is 3.76. The summed E-state index contributed by atoms with van der Waals surface area (Å²) < 4.78 is 5.73. The highest BCUT2D eigenvalue weighted by Crippen LogP contribution is 2.57. The normalized spacial score (nSPS) is 21.8. The molecule has 2 unspecified atom stereocenters. The monoisotopic (exact) mass is 275 g/mol. The summed E-state index contributed by atoms with van der Waals surface area (Å²) in [6.45, 7) is 12.2. The minimum absolute atomic E-state index is 0.234. The Morgan fingerprint density at radius 1 is 1.25 bits per heavy atom. The van der Waals surface area contributed by atoms with Gasteiger partial charge in [-0.1, -0.05) is 32.9 Å². The van der Waals surface area contributed by atoms with Crippen LogP contribution in [0.4, 0.5) is 0 Å². The molecule has 1 saturated carbocycles. The van der Waals surface area contributed by atoms with Gasteiger partial charge in [0.15, 0.2) is 0 Å². The summed E-state index contributed by atoms with van der Waals surface area (Å²) in [6, 6.07) is 9.13. The van der Waals surface area contributed by atoms with Gasteiger partial charge in [-0.3, -0.25) is 0 Å². The highest BCUT2D eigenvalue weighted by atomic mass is 16.5. The van der Waals surface area contributed by atoms with Crippen molar-refractivity contribution in [1.82, 2.24) is 5.32 Å². The van der Waals surface area contributed by atoms with E-state index in [0.717, 1.165) is 18.2 Å². The van der Waals surface area contributed by atoms with Crippen molar-refractivity contribution in [3.05, 3.63) is 29.8 Å². The van der Waals surface area contributed by atoms with Gasteiger partial charge in [0.2, 0.25) is 0 Å². The maximum Gasteiger partial charge on any atom is 0.119 e. The van der Waals surface area contributed by atoms with Crippen molar-refractivity contribution in [2.75, 3.05) is 6.54 Å². The third-order valence-electron chi connectivity index (χ3n) is 4.22. The lowest BCUT2D eigenvalue weighted by atomic mass is 9.97. The lowest BCUT2D eigenvalue weighted by Gasteiger charge is -2.21. The van der Waals surface area contributed by atoms with Gasteiger partial charge in [0.05, 0.1) is 6.10 Å². The first-order valence-corrected chi connectivity index (χ1v) is 7.94. The first-order chi connectivity index (χ1) is 9.44. The van der Waals surface area contributed by atoms with Gasteiger partial charge in [0, 0.05) is 6.04 Å². The van der Waals surface area contributed by atoms with Gasteiger partial charge in [0.25, 0.3) is 0 Å². The van der Waals surface area contributed by atoms with Crippen LogP contribution in [-0.2, 0) is 0 Å². The number of ether oxygens (including phenoxy) is 1. The summed E-state index contributed by atoms with van der Waals surface area (Å²) >= 11 is 0. The van der Waals surface area contributed by atoms with E-state index in [-0.39, 0.29) is 6.10 Å². The molecule has 0 spiro atoms. The minimum atomic E-state index is 0.234. The smallest absolute Gasteiger partial charge is 0.119 e. The largest absolute Gasteiger partial charge is 0.491 e. The number of benzene rings is 1. The van der Waals surface area contributed by atoms with Crippen LogP contribution in [-0.4, -0.2) is 12.6 Å². The maximum absolute atomic E-state index is 5.73. The Bertz CT molecular complexity index is 422.